The summed E-state index contributed by atoms with van der Waals surface area (Å²) in [6.45, 7) is 6.77. The molecule has 2 aliphatic rings. The highest BCUT2D eigenvalue weighted by molar-refractivity contribution is 5.78. The van der Waals surface area contributed by atoms with E-state index in [9.17, 15) is 4.79 Å². The molecule has 1 amide bonds. The van der Waals surface area contributed by atoms with Gasteiger partial charge in [0, 0.05) is 45.9 Å². The maximum absolute atomic E-state index is 12.1. The molecule has 1 aromatic carbocycles. The second kappa shape index (κ2) is 9.17. The summed E-state index contributed by atoms with van der Waals surface area (Å²) in [6, 6.07) is 8.24. The van der Waals surface area contributed by atoms with Gasteiger partial charge in [0.25, 0.3) is 0 Å². The Kier molecular flexibility index (Phi) is 6.67. The van der Waals surface area contributed by atoms with Crippen LogP contribution in [-0.4, -0.2) is 74.8 Å². The molecule has 1 aromatic rings. The minimum atomic E-state index is 0.110. The van der Waals surface area contributed by atoms with Crippen LogP contribution in [-0.2, 0) is 16.1 Å². The van der Waals surface area contributed by atoms with Crippen LogP contribution in [0.2, 0.25) is 0 Å². The summed E-state index contributed by atoms with van der Waals surface area (Å²) < 4.78 is 10.7. The van der Waals surface area contributed by atoms with Gasteiger partial charge in [0.15, 0.2) is 0 Å². The van der Waals surface area contributed by atoms with Crippen LogP contribution >= 0.6 is 0 Å². The standard InChI is InChI=1S/C19H29N3O3/c1-24-17-6-4-16(5-7-17)14-21-8-10-22(11-9-21)15-19(23)20-13-18-3-2-12-25-18/h4-7,18H,2-3,8-15H2,1H3,(H,20,23)/t18-/m1/s1. The number of nitrogens with zero attached hydrogens (tertiary/aromatic N) is 2. The Balaban J connectivity index is 1.34. The summed E-state index contributed by atoms with van der Waals surface area (Å²) >= 11 is 0. The fourth-order valence-electron chi connectivity index (χ4n) is 3.39. The molecule has 2 heterocycles. The number of carbonyl (C=O) groups excluding carboxylic acids is 1. The molecule has 2 fully saturated rings. The molecule has 0 bridgehead atoms. The predicted octanol–water partition coefficient (Wildman–Crippen LogP) is 1.11. The smallest absolute Gasteiger partial charge is 0.234 e. The summed E-state index contributed by atoms with van der Waals surface area (Å²) in [4.78, 5) is 16.7. The summed E-state index contributed by atoms with van der Waals surface area (Å²) in [5, 5.41) is 3.00. The highest BCUT2D eigenvalue weighted by Crippen LogP contribution is 2.14. The molecule has 6 heteroatoms. The van der Waals surface area contributed by atoms with E-state index in [1.54, 1.807) is 7.11 Å². The molecule has 3 rings (SSSR count). The molecule has 6 nitrogen and oxygen atoms in total. The lowest BCUT2D eigenvalue weighted by molar-refractivity contribution is -0.123. The number of carbonyl (C=O) groups is 1. The van der Waals surface area contributed by atoms with Gasteiger partial charge in [-0.25, -0.2) is 0 Å². The third kappa shape index (κ3) is 5.70. The summed E-state index contributed by atoms with van der Waals surface area (Å²) in [5.74, 6) is 1.00. The highest BCUT2D eigenvalue weighted by atomic mass is 16.5. The van der Waals surface area contributed by atoms with Crippen molar-refractivity contribution in [3.63, 3.8) is 0 Å². The van der Waals surface area contributed by atoms with Gasteiger partial charge < -0.3 is 14.8 Å². The molecule has 0 spiro atoms. The van der Waals surface area contributed by atoms with Crippen LogP contribution in [0.3, 0.4) is 0 Å². The first kappa shape index (κ1) is 18.2. The molecular formula is C19H29N3O3. The van der Waals surface area contributed by atoms with E-state index in [-0.39, 0.29) is 12.0 Å². The quantitative estimate of drug-likeness (QED) is 0.801. The van der Waals surface area contributed by atoms with Crippen LogP contribution in [0.15, 0.2) is 24.3 Å². The fourth-order valence-corrected chi connectivity index (χ4v) is 3.39. The minimum absolute atomic E-state index is 0.110. The van der Waals surface area contributed by atoms with Crippen molar-refractivity contribution in [2.45, 2.75) is 25.5 Å². The Morgan fingerprint density at radius 2 is 1.92 bits per heavy atom. The number of piperazine rings is 1. The van der Waals surface area contributed by atoms with Gasteiger partial charge in [-0.05, 0) is 30.5 Å². The van der Waals surface area contributed by atoms with E-state index in [0.29, 0.717) is 13.1 Å². The Hall–Kier alpha value is -1.63. The van der Waals surface area contributed by atoms with E-state index in [1.807, 2.05) is 12.1 Å². The lowest BCUT2D eigenvalue weighted by atomic mass is 10.2. The molecule has 25 heavy (non-hydrogen) atoms. The number of hydrogen-bond donors (Lipinski definition) is 1. The minimum Gasteiger partial charge on any atom is -0.497 e. The molecule has 1 atom stereocenters. The van der Waals surface area contributed by atoms with Crippen LogP contribution in [0.25, 0.3) is 0 Å². The number of rotatable bonds is 7. The van der Waals surface area contributed by atoms with Crippen LogP contribution in [0.1, 0.15) is 18.4 Å². The number of nitrogens with one attached hydrogen (secondary N) is 1. The fraction of sp³-hybridized carbons (Fsp3) is 0.632. The normalized spacial score (nSPS) is 22.0. The van der Waals surface area contributed by atoms with E-state index in [0.717, 1.165) is 57.9 Å². The molecule has 0 unspecified atom stereocenters. The topological polar surface area (TPSA) is 54.0 Å². The molecule has 0 saturated carbocycles. The number of amides is 1. The van der Waals surface area contributed by atoms with Crippen molar-refractivity contribution in [3.8, 4) is 5.75 Å². The molecule has 0 aromatic heterocycles. The maximum atomic E-state index is 12.1. The molecule has 2 aliphatic heterocycles. The average molecular weight is 347 g/mol. The van der Waals surface area contributed by atoms with Crippen molar-refractivity contribution >= 4 is 5.91 Å². The zero-order valence-electron chi connectivity index (χ0n) is 15.1. The summed E-state index contributed by atoms with van der Waals surface area (Å²) in [7, 11) is 1.69. The molecule has 138 valence electrons. The first-order valence-electron chi connectivity index (χ1n) is 9.19. The van der Waals surface area contributed by atoms with Gasteiger partial charge in [0.2, 0.25) is 5.91 Å². The zero-order valence-corrected chi connectivity index (χ0v) is 15.1. The maximum Gasteiger partial charge on any atom is 0.234 e. The van der Waals surface area contributed by atoms with E-state index >= 15 is 0 Å². The predicted molar refractivity (Wildman–Crippen MR) is 96.7 cm³/mol. The monoisotopic (exact) mass is 347 g/mol. The summed E-state index contributed by atoms with van der Waals surface area (Å²) in [6.07, 6.45) is 2.38. The van der Waals surface area contributed by atoms with Crippen molar-refractivity contribution in [1.29, 1.82) is 0 Å². The van der Waals surface area contributed by atoms with E-state index in [2.05, 4.69) is 27.2 Å². The van der Waals surface area contributed by atoms with Crippen LogP contribution < -0.4 is 10.1 Å². The molecule has 0 aliphatic carbocycles. The SMILES string of the molecule is COc1ccc(CN2CCN(CC(=O)NC[C@H]3CCCO3)CC2)cc1. The average Bonchev–Trinajstić information content (AvgIpc) is 3.16. The molecule has 0 radical (unpaired) electrons. The second-order valence-electron chi connectivity index (χ2n) is 6.84. The molecular weight excluding hydrogens is 318 g/mol. The number of methoxy groups -OCH3 is 1. The van der Waals surface area contributed by atoms with Gasteiger partial charge >= 0.3 is 0 Å². The number of ether oxygens (including phenoxy) is 2. The van der Waals surface area contributed by atoms with Crippen molar-refractivity contribution in [2.24, 2.45) is 0 Å². The lowest BCUT2D eigenvalue weighted by Crippen LogP contribution is -2.49. The van der Waals surface area contributed by atoms with E-state index in [1.165, 1.54) is 5.56 Å². The van der Waals surface area contributed by atoms with Crippen LogP contribution in [0.5, 0.6) is 5.75 Å². The van der Waals surface area contributed by atoms with Crippen LogP contribution in [0, 0.1) is 0 Å². The Bertz CT molecular complexity index is 535. The second-order valence-corrected chi connectivity index (χ2v) is 6.84. The Labute approximate surface area is 150 Å². The van der Waals surface area contributed by atoms with E-state index < -0.39 is 0 Å². The Morgan fingerprint density at radius 1 is 1.20 bits per heavy atom. The van der Waals surface area contributed by atoms with E-state index in [4.69, 9.17) is 9.47 Å². The largest absolute Gasteiger partial charge is 0.497 e. The van der Waals surface area contributed by atoms with Gasteiger partial charge in [-0.3, -0.25) is 14.6 Å². The van der Waals surface area contributed by atoms with Crippen LogP contribution in [0.4, 0.5) is 0 Å². The third-order valence-electron chi connectivity index (χ3n) is 4.95. The first-order valence-corrected chi connectivity index (χ1v) is 9.19. The van der Waals surface area contributed by atoms with Gasteiger partial charge in [0.1, 0.15) is 5.75 Å². The van der Waals surface area contributed by atoms with Crippen molar-refractivity contribution in [3.05, 3.63) is 29.8 Å². The number of benzene rings is 1. The molecule has 2 saturated heterocycles. The van der Waals surface area contributed by atoms with Crippen molar-refractivity contribution < 1.29 is 14.3 Å². The number of hydrogen-bond acceptors (Lipinski definition) is 5. The van der Waals surface area contributed by atoms with Gasteiger partial charge in [0.05, 0.1) is 19.8 Å². The molecule has 1 N–H and O–H groups in total. The zero-order chi connectivity index (χ0) is 17.5. The lowest BCUT2D eigenvalue weighted by Gasteiger charge is -2.34. The van der Waals surface area contributed by atoms with Gasteiger partial charge in [-0.15, -0.1) is 0 Å². The third-order valence-corrected chi connectivity index (χ3v) is 4.95. The Morgan fingerprint density at radius 3 is 2.56 bits per heavy atom. The first-order chi connectivity index (χ1) is 12.2. The van der Waals surface area contributed by atoms with Gasteiger partial charge in [-0.2, -0.15) is 0 Å². The highest BCUT2D eigenvalue weighted by Gasteiger charge is 2.20. The summed E-state index contributed by atoms with van der Waals surface area (Å²) in [5.41, 5.74) is 1.29. The van der Waals surface area contributed by atoms with Gasteiger partial charge in [-0.1, -0.05) is 12.1 Å². The van der Waals surface area contributed by atoms with Crippen molar-refractivity contribution in [1.82, 2.24) is 15.1 Å². The van der Waals surface area contributed by atoms with Crippen molar-refractivity contribution in [2.75, 3.05) is 53.0 Å².